The number of carbonyl (C=O) groups excluding carboxylic acids is 1. The van der Waals surface area contributed by atoms with Gasteiger partial charge in [0.15, 0.2) is 0 Å². The average Bonchev–Trinajstić information content (AvgIpc) is 2.47. The summed E-state index contributed by atoms with van der Waals surface area (Å²) >= 11 is 0. The summed E-state index contributed by atoms with van der Waals surface area (Å²) in [6.07, 6.45) is 0.539. The fourth-order valence-corrected chi connectivity index (χ4v) is 1.77. The number of methoxy groups -OCH3 is 1. The summed E-state index contributed by atoms with van der Waals surface area (Å²) in [5.74, 6) is 0.591. The van der Waals surface area contributed by atoms with Crippen molar-refractivity contribution in [1.82, 2.24) is 5.32 Å². The van der Waals surface area contributed by atoms with Gasteiger partial charge in [-0.15, -0.1) is 0 Å². The van der Waals surface area contributed by atoms with E-state index in [9.17, 15) is 9.90 Å². The Bertz CT molecular complexity index is 391. The lowest BCUT2D eigenvalue weighted by molar-refractivity contribution is -0.143. The Hall–Kier alpha value is -1.59. The molecule has 0 saturated heterocycles. The summed E-state index contributed by atoms with van der Waals surface area (Å²) in [5, 5.41) is 13.1. The number of carbonyl (C=O) groups is 1. The van der Waals surface area contributed by atoms with Gasteiger partial charge in [0.1, 0.15) is 5.75 Å². The second-order valence-corrected chi connectivity index (χ2v) is 4.40. The van der Waals surface area contributed by atoms with Crippen LogP contribution in [0.3, 0.4) is 0 Å². The smallest absolute Gasteiger partial charge is 0.305 e. The van der Waals surface area contributed by atoms with E-state index in [4.69, 9.17) is 9.47 Å². The zero-order valence-corrected chi connectivity index (χ0v) is 12.1. The number of nitrogens with one attached hydrogen (secondary N) is 1. The van der Waals surface area contributed by atoms with E-state index in [1.165, 1.54) is 0 Å². The lowest BCUT2D eigenvalue weighted by Crippen LogP contribution is -2.23. The summed E-state index contributed by atoms with van der Waals surface area (Å²) in [4.78, 5) is 11.1. The van der Waals surface area contributed by atoms with E-state index >= 15 is 0 Å². The van der Waals surface area contributed by atoms with Crippen molar-refractivity contribution in [2.75, 3.05) is 26.8 Å². The van der Waals surface area contributed by atoms with Crippen molar-refractivity contribution >= 4 is 5.97 Å². The molecule has 1 aromatic carbocycles. The first kappa shape index (κ1) is 16.5. The van der Waals surface area contributed by atoms with Crippen molar-refractivity contribution in [3.8, 4) is 5.75 Å². The topological polar surface area (TPSA) is 67.8 Å². The van der Waals surface area contributed by atoms with E-state index in [0.717, 1.165) is 11.3 Å². The molecule has 1 atom stereocenters. The van der Waals surface area contributed by atoms with E-state index in [1.807, 2.05) is 24.3 Å². The lowest BCUT2D eigenvalue weighted by atomic mass is 10.1. The van der Waals surface area contributed by atoms with E-state index < -0.39 is 6.10 Å². The monoisotopic (exact) mass is 281 g/mol. The third-order valence-electron chi connectivity index (χ3n) is 2.88. The first-order chi connectivity index (χ1) is 9.67. The van der Waals surface area contributed by atoms with Gasteiger partial charge in [-0.05, 0) is 37.6 Å². The van der Waals surface area contributed by atoms with Crippen molar-refractivity contribution in [3.05, 3.63) is 29.8 Å². The molecule has 0 fully saturated rings. The van der Waals surface area contributed by atoms with Gasteiger partial charge in [-0.25, -0.2) is 0 Å². The maximum absolute atomic E-state index is 11.1. The second kappa shape index (κ2) is 9.34. The van der Waals surface area contributed by atoms with Crippen molar-refractivity contribution in [2.45, 2.75) is 25.9 Å². The number of hydrogen-bond donors (Lipinski definition) is 2. The van der Waals surface area contributed by atoms with Crippen molar-refractivity contribution < 1.29 is 19.4 Å². The molecule has 0 aliphatic heterocycles. The van der Waals surface area contributed by atoms with Crippen LogP contribution in [0.15, 0.2) is 24.3 Å². The van der Waals surface area contributed by atoms with Crippen LogP contribution in [-0.2, 0) is 9.53 Å². The van der Waals surface area contributed by atoms with E-state index in [2.05, 4.69) is 5.32 Å². The van der Waals surface area contributed by atoms with Gasteiger partial charge >= 0.3 is 5.97 Å². The van der Waals surface area contributed by atoms with Gasteiger partial charge in [-0.1, -0.05) is 12.1 Å². The molecule has 0 amide bonds. The molecule has 2 N–H and O–H groups in total. The van der Waals surface area contributed by atoms with Crippen molar-refractivity contribution in [1.29, 1.82) is 0 Å². The van der Waals surface area contributed by atoms with Gasteiger partial charge in [0.25, 0.3) is 0 Å². The van der Waals surface area contributed by atoms with Gasteiger partial charge in [-0.2, -0.15) is 0 Å². The van der Waals surface area contributed by atoms with Gasteiger partial charge in [0.05, 0.1) is 19.8 Å². The Morgan fingerprint density at radius 1 is 1.35 bits per heavy atom. The summed E-state index contributed by atoms with van der Waals surface area (Å²) in [6, 6.07) is 7.31. The lowest BCUT2D eigenvalue weighted by Gasteiger charge is -2.12. The standard InChI is InChI=1S/C15H23NO4/c1-3-20-15(18)5-4-10-16-11-14(17)12-6-8-13(19-2)9-7-12/h6-9,14,16-17H,3-5,10-11H2,1-2H3. The van der Waals surface area contributed by atoms with Crippen molar-refractivity contribution in [2.24, 2.45) is 0 Å². The summed E-state index contributed by atoms with van der Waals surface area (Å²) in [6.45, 7) is 3.34. The van der Waals surface area contributed by atoms with E-state index in [0.29, 0.717) is 32.5 Å². The predicted molar refractivity (Wildman–Crippen MR) is 76.7 cm³/mol. The van der Waals surface area contributed by atoms with Gasteiger partial charge in [-0.3, -0.25) is 4.79 Å². The molecule has 5 heteroatoms. The number of hydrogen-bond acceptors (Lipinski definition) is 5. The molecule has 0 heterocycles. The largest absolute Gasteiger partial charge is 0.497 e. The zero-order valence-electron chi connectivity index (χ0n) is 12.1. The molecule has 1 aromatic rings. The molecule has 1 rings (SSSR count). The number of benzene rings is 1. The molecule has 0 spiro atoms. The third kappa shape index (κ3) is 6.04. The second-order valence-electron chi connectivity index (χ2n) is 4.40. The minimum Gasteiger partial charge on any atom is -0.497 e. The number of rotatable bonds is 9. The molecule has 5 nitrogen and oxygen atoms in total. The molecule has 0 aromatic heterocycles. The van der Waals surface area contributed by atoms with Gasteiger partial charge in [0, 0.05) is 13.0 Å². The molecular weight excluding hydrogens is 258 g/mol. The van der Waals surface area contributed by atoms with Crippen LogP contribution < -0.4 is 10.1 Å². The SMILES string of the molecule is CCOC(=O)CCCNCC(O)c1ccc(OC)cc1. The van der Waals surface area contributed by atoms with Crippen LogP contribution in [0.25, 0.3) is 0 Å². The molecular formula is C15H23NO4. The third-order valence-corrected chi connectivity index (χ3v) is 2.88. The average molecular weight is 281 g/mol. The van der Waals surface area contributed by atoms with Gasteiger partial charge < -0.3 is 19.9 Å². The summed E-state index contributed by atoms with van der Waals surface area (Å²) < 4.78 is 9.90. The maximum Gasteiger partial charge on any atom is 0.305 e. The number of esters is 1. The van der Waals surface area contributed by atoms with Crippen molar-refractivity contribution in [3.63, 3.8) is 0 Å². The van der Waals surface area contributed by atoms with E-state index in [-0.39, 0.29) is 5.97 Å². The highest BCUT2D eigenvalue weighted by Crippen LogP contribution is 2.16. The van der Waals surface area contributed by atoms with Crippen LogP contribution in [0, 0.1) is 0 Å². The molecule has 1 unspecified atom stereocenters. The quantitative estimate of drug-likeness (QED) is 0.532. The van der Waals surface area contributed by atoms with Crippen LogP contribution in [-0.4, -0.2) is 37.9 Å². The normalized spacial score (nSPS) is 11.9. The first-order valence-corrected chi connectivity index (χ1v) is 6.85. The fraction of sp³-hybridized carbons (Fsp3) is 0.533. The zero-order chi connectivity index (χ0) is 14.8. The van der Waals surface area contributed by atoms with Crippen LogP contribution >= 0.6 is 0 Å². The number of aliphatic hydroxyl groups is 1. The predicted octanol–water partition coefficient (Wildman–Crippen LogP) is 1.66. The minimum atomic E-state index is -0.566. The molecule has 0 bridgehead atoms. The molecule has 0 saturated carbocycles. The number of ether oxygens (including phenoxy) is 2. The van der Waals surface area contributed by atoms with Crippen LogP contribution in [0.5, 0.6) is 5.75 Å². The van der Waals surface area contributed by atoms with Crippen LogP contribution in [0.1, 0.15) is 31.4 Å². The fourth-order valence-electron chi connectivity index (χ4n) is 1.77. The minimum absolute atomic E-state index is 0.176. The Kier molecular flexibility index (Phi) is 7.69. The molecule has 0 radical (unpaired) electrons. The van der Waals surface area contributed by atoms with Crippen LogP contribution in [0.2, 0.25) is 0 Å². The summed E-state index contributed by atoms with van der Waals surface area (Å²) in [7, 11) is 1.61. The highest BCUT2D eigenvalue weighted by atomic mass is 16.5. The Balaban J connectivity index is 2.19. The first-order valence-electron chi connectivity index (χ1n) is 6.85. The Labute approximate surface area is 119 Å². The van der Waals surface area contributed by atoms with E-state index in [1.54, 1.807) is 14.0 Å². The summed E-state index contributed by atoms with van der Waals surface area (Å²) in [5.41, 5.74) is 0.837. The Morgan fingerprint density at radius 2 is 2.05 bits per heavy atom. The van der Waals surface area contributed by atoms with Crippen LogP contribution in [0.4, 0.5) is 0 Å². The maximum atomic E-state index is 11.1. The molecule has 112 valence electrons. The molecule has 0 aliphatic rings. The molecule has 0 aliphatic carbocycles. The number of aliphatic hydroxyl groups excluding tert-OH is 1. The molecule has 20 heavy (non-hydrogen) atoms. The Morgan fingerprint density at radius 3 is 2.65 bits per heavy atom. The highest BCUT2D eigenvalue weighted by Gasteiger charge is 2.07. The van der Waals surface area contributed by atoms with Gasteiger partial charge in [0.2, 0.25) is 0 Å². The highest BCUT2D eigenvalue weighted by molar-refractivity contribution is 5.69.